The summed E-state index contributed by atoms with van der Waals surface area (Å²) in [6.07, 6.45) is 6.95. The first-order valence-corrected chi connectivity index (χ1v) is 6.78. The Balaban J connectivity index is 1.86. The Kier molecular flexibility index (Phi) is 4.04. The summed E-state index contributed by atoms with van der Waals surface area (Å²) in [5.41, 5.74) is 0. The number of unbranched alkanes of at least 4 members (excludes halogenated alkanes) is 1. The summed E-state index contributed by atoms with van der Waals surface area (Å²) < 4.78 is 0. The van der Waals surface area contributed by atoms with Crippen LogP contribution in [0.25, 0.3) is 0 Å². The van der Waals surface area contributed by atoms with Crippen LogP contribution in [0.1, 0.15) is 46.0 Å². The molecule has 0 bridgehead atoms. The Hall–Kier alpha value is -0.0800. The maximum atomic E-state index is 3.74. The van der Waals surface area contributed by atoms with Gasteiger partial charge in [-0.1, -0.05) is 13.3 Å². The maximum Gasteiger partial charge on any atom is 0.0223 e. The summed E-state index contributed by atoms with van der Waals surface area (Å²) in [6.45, 7) is 8.52. The molecule has 0 radical (unpaired) electrons. The third-order valence-corrected chi connectivity index (χ3v) is 4.01. The number of rotatable bonds is 4. The van der Waals surface area contributed by atoms with Crippen LogP contribution in [0.4, 0.5) is 0 Å². The van der Waals surface area contributed by atoms with Crippen LogP contribution in [-0.4, -0.2) is 36.6 Å². The summed E-state index contributed by atoms with van der Waals surface area (Å²) in [5.74, 6) is 0.999. The van der Waals surface area contributed by atoms with E-state index in [2.05, 4.69) is 24.1 Å². The average Bonchev–Trinajstić information content (AvgIpc) is 3.03. The Bertz CT molecular complexity index is 189. The van der Waals surface area contributed by atoms with E-state index in [4.69, 9.17) is 0 Å². The topological polar surface area (TPSA) is 15.3 Å². The van der Waals surface area contributed by atoms with Crippen molar-refractivity contribution in [2.24, 2.45) is 5.92 Å². The van der Waals surface area contributed by atoms with Crippen LogP contribution in [0.5, 0.6) is 0 Å². The molecule has 2 heteroatoms. The van der Waals surface area contributed by atoms with Gasteiger partial charge < -0.3 is 5.32 Å². The van der Waals surface area contributed by atoms with Crippen molar-refractivity contribution in [3.63, 3.8) is 0 Å². The SMILES string of the molecule is CCCCN1CC(C2CC2)NCCC1C. The molecule has 2 unspecified atom stereocenters. The first-order valence-electron chi connectivity index (χ1n) is 6.78. The highest BCUT2D eigenvalue weighted by atomic mass is 15.2. The Morgan fingerprint density at radius 1 is 1.27 bits per heavy atom. The highest BCUT2D eigenvalue weighted by Crippen LogP contribution is 2.34. The molecule has 2 rings (SSSR count). The molecule has 1 aliphatic heterocycles. The number of hydrogen-bond acceptors (Lipinski definition) is 2. The molecule has 2 nitrogen and oxygen atoms in total. The molecule has 88 valence electrons. The highest BCUT2D eigenvalue weighted by Gasteiger charge is 2.34. The van der Waals surface area contributed by atoms with E-state index in [1.807, 2.05) is 0 Å². The van der Waals surface area contributed by atoms with Crippen LogP contribution < -0.4 is 5.32 Å². The summed E-state index contributed by atoms with van der Waals surface area (Å²) in [5, 5.41) is 3.74. The van der Waals surface area contributed by atoms with Crippen molar-refractivity contribution in [1.82, 2.24) is 10.2 Å². The molecule has 15 heavy (non-hydrogen) atoms. The maximum absolute atomic E-state index is 3.74. The van der Waals surface area contributed by atoms with Crippen molar-refractivity contribution in [1.29, 1.82) is 0 Å². The van der Waals surface area contributed by atoms with Gasteiger partial charge in [-0.2, -0.15) is 0 Å². The molecule has 1 saturated heterocycles. The van der Waals surface area contributed by atoms with Crippen LogP contribution in [0.15, 0.2) is 0 Å². The zero-order valence-corrected chi connectivity index (χ0v) is 10.3. The molecule has 0 aromatic heterocycles. The minimum atomic E-state index is 0.785. The molecule has 2 aliphatic rings. The predicted molar refractivity (Wildman–Crippen MR) is 65.1 cm³/mol. The Labute approximate surface area is 94.4 Å². The zero-order chi connectivity index (χ0) is 10.7. The lowest BCUT2D eigenvalue weighted by molar-refractivity contribution is 0.196. The fourth-order valence-electron chi connectivity index (χ4n) is 2.64. The normalized spacial score (nSPS) is 34.0. The van der Waals surface area contributed by atoms with Crippen LogP contribution in [0.3, 0.4) is 0 Å². The Morgan fingerprint density at radius 3 is 2.73 bits per heavy atom. The third kappa shape index (κ3) is 3.18. The molecule has 2 atom stereocenters. The first-order chi connectivity index (χ1) is 7.31. The van der Waals surface area contributed by atoms with E-state index in [1.165, 1.54) is 51.7 Å². The lowest BCUT2D eigenvalue weighted by atomic mass is 10.1. The van der Waals surface area contributed by atoms with Gasteiger partial charge in [0.1, 0.15) is 0 Å². The molecule has 1 heterocycles. The van der Waals surface area contributed by atoms with Gasteiger partial charge in [-0.3, -0.25) is 4.90 Å². The van der Waals surface area contributed by atoms with Gasteiger partial charge >= 0.3 is 0 Å². The van der Waals surface area contributed by atoms with E-state index in [-0.39, 0.29) is 0 Å². The summed E-state index contributed by atoms with van der Waals surface area (Å²) in [4.78, 5) is 2.71. The van der Waals surface area contributed by atoms with E-state index < -0.39 is 0 Å². The average molecular weight is 210 g/mol. The molecule has 1 aliphatic carbocycles. The molecule has 1 N–H and O–H groups in total. The van der Waals surface area contributed by atoms with Gasteiger partial charge in [-0.05, 0) is 51.6 Å². The minimum Gasteiger partial charge on any atom is -0.312 e. The van der Waals surface area contributed by atoms with Crippen LogP contribution in [0, 0.1) is 5.92 Å². The highest BCUT2D eigenvalue weighted by molar-refractivity contribution is 4.91. The standard InChI is InChI=1S/C13H26N2/c1-3-4-9-15-10-13(12-5-6-12)14-8-7-11(15)2/h11-14H,3-10H2,1-2H3. The van der Waals surface area contributed by atoms with Crippen molar-refractivity contribution in [3.05, 3.63) is 0 Å². The fourth-order valence-corrected chi connectivity index (χ4v) is 2.64. The molecule has 0 amide bonds. The second kappa shape index (κ2) is 5.31. The van der Waals surface area contributed by atoms with Gasteiger partial charge in [-0.25, -0.2) is 0 Å². The van der Waals surface area contributed by atoms with E-state index in [0.717, 1.165) is 18.0 Å². The molecule has 0 aromatic rings. The Morgan fingerprint density at radius 2 is 2.07 bits per heavy atom. The minimum absolute atomic E-state index is 0.785. The van der Waals surface area contributed by atoms with Gasteiger partial charge in [0.25, 0.3) is 0 Å². The van der Waals surface area contributed by atoms with Crippen LogP contribution in [0.2, 0.25) is 0 Å². The quantitative estimate of drug-likeness (QED) is 0.765. The van der Waals surface area contributed by atoms with E-state index in [1.54, 1.807) is 0 Å². The van der Waals surface area contributed by atoms with Crippen molar-refractivity contribution >= 4 is 0 Å². The smallest absolute Gasteiger partial charge is 0.0223 e. The molecular weight excluding hydrogens is 184 g/mol. The summed E-state index contributed by atoms with van der Waals surface area (Å²) in [6, 6.07) is 1.58. The van der Waals surface area contributed by atoms with Crippen molar-refractivity contribution in [3.8, 4) is 0 Å². The number of nitrogens with one attached hydrogen (secondary N) is 1. The molecular formula is C13H26N2. The molecule has 2 fully saturated rings. The van der Waals surface area contributed by atoms with Crippen molar-refractivity contribution < 1.29 is 0 Å². The van der Waals surface area contributed by atoms with E-state index in [9.17, 15) is 0 Å². The second-order valence-electron chi connectivity index (χ2n) is 5.38. The van der Waals surface area contributed by atoms with Gasteiger partial charge in [0.15, 0.2) is 0 Å². The van der Waals surface area contributed by atoms with Gasteiger partial charge in [0.05, 0.1) is 0 Å². The van der Waals surface area contributed by atoms with Gasteiger partial charge in [0, 0.05) is 18.6 Å². The molecule has 1 saturated carbocycles. The van der Waals surface area contributed by atoms with E-state index in [0.29, 0.717) is 0 Å². The van der Waals surface area contributed by atoms with Gasteiger partial charge in [-0.15, -0.1) is 0 Å². The number of hydrogen-bond donors (Lipinski definition) is 1. The van der Waals surface area contributed by atoms with Crippen molar-refractivity contribution in [2.45, 2.75) is 58.0 Å². The predicted octanol–water partition coefficient (Wildman–Crippen LogP) is 2.25. The third-order valence-electron chi connectivity index (χ3n) is 4.01. The lowest BCUT2D eigenvalue weighted by Gasteiger charge is -2.29. The van der Waals surface area contributed by atoms with Crippen molar-refractivity contribution in [2.75, 3.05) is 19.6 Å². The summed E-state index contributed by atoms with van der Waals surface area (Å²) >= 11 is 0. The molecule has 0 spiro atoms. The fraction of sp³-hybridized carbons (Fsp3) is 1.00. The monoisotopic (exact) mass is 210 g/mol. The largest absolute Gasteiger partial charge is 0.312 e. The lowest BCUT2D eigenvalue weighted by Crippen LogP contribution is -2.41. The zero-order valence-electron chi connectivity index (χ0n) is 10.3. The molecule has 0 aromatic carbocycles. The first kappa shape index (κ1) is 11.4. The summed E-state index contributed by atoms with van der Waals surface area (Å²) in [7, 11) is 0. The van der Waals surface area contributed by atoms with Crippen LogP contribution in [-0.2, 0) is 0 Å². The van der Waals surface area contributed by atoms with Crippen LogP contribution >= 0.6 is 0 Å². The number of nitrogens with zero attached hydrogens (tertiary/aromatic N) is 1. The second-order valence-corrected chi connectivity index (χ2v) is 5.38. The van der Waals surface area contributed by atoms with E-state index >= 15 is 0 Å². The van der Waals surface area contributed by atoms with Gasteiger partial charge in [0.2, 0.25) is 0 Å².